The Bertz CT molecular complexity index is 812. The average molecular weight is 385 g/mol. The first kappa shape index (κ1) is 19.1. The predicted molar refractivity (Wildman–Crippen MR) is 106 cm³/mol. The molecule has 142 valence electrons. The third-order valence-electron chi connectivity index (χ3n) is 4.57. The summed E-state index contributed by atoms with van der Waals surface area (Å²) >= 11 is 1.43. The summed E-state index contributed by atoms with van der Waals surface area (Å²) in [6.45, 7) is 4.63. The number of ketones is 1. The Kier molecular flexibility index (Phi) is 6.24. The number of benzene rings is 1. The standard InChI is InChI=1S/C20H23N3O3S/c1-15-4-2-5-16(12-15)22-7-9-23(10-8-22)19(25)14-21-20(26)18(24)13-17-6-3-11-27-17/h2-6,11-12H,7-10,13-14H2,1H3,(H,21,26). The molecule has 1 aliphatic rings. The fourth-order valence-corrected chi connectivity index (χ4v) is 3.76. The molecule has 3 rings (SSSR count). The fourth-order valence-electron chi connectivity index (χ4n) is 3.06. The van der Waals surface area contributed by atoms with Crippen LogP contribution in [-0.2, 0) is 20.8 Å². The van der Waals surface area contributed by atoms with Crippen molar-refractivity contribution in [1.82, 2.24) is 10.2 Å². The Hall–Kier alpha value is -2.67. The maximum absolute atomic E-state index is 12.3. The minimum absolute atomic E-state index is 0.0762. The van der Waals surface area contributed by atoms with Gasteiger partial charge in [-0.1, -0.05) is 18.2 Å². The zero-order valence-electron chi connectivity index (χ0n) is 15.3. The highest BCUT2D eigenvalue weighted by Gasteiger charge is 2.22. The molecule has 1 aliphatic heterocycles. The highest BCUT2D eigenvalue weighted by Crippen LogP contribution is 2.17. The van der Waals surface area contributed by atoms with E-state index in [1.54, 1.807) is 4.90 Å². The first-order valence-electron chi connectivity index (χ1n) is 8.96. The smallest absolute Gasteiger partial charge is 0.288 e. The maximum Gasteiger partial charge on any atom is 0.288 e. The summed E-state index contributed by atoms with van der Waals surface area (Å²) in [6.07, 6.45) is 0.0762. The van der Waals surface area contributed by atoms with Crippen molar-refractivity contribution in [1.29, 1.82) is 0 Å². The van der Waals surface area contributed by atoms with E-state index >= 15 is 0 Å². The van der Waals surface area contributed by atoms with Gasteiger partial charge in [-0.05, 0) is 36.1 Å². The summed E-state index contributed by atoms with van der Waals surface area (Å²) in [5.74, 6) is -1.37. The molecule has 0 bridgehead atoms. The minimum Gasteiger partial charge on any atom is -0.368 e. The number of nitrogens with one attached hydrogen (secondary N) is 1. The molecule has 6 nitrogen and oxygen atoms in total. The second-order valence-corrected chi connectivity index (χ2v) is 7.60. The molecule has 1 N–H and O–H groups in total. The molecule has 7 heteroatoms. The van der Waals surface area contributed by atoms with E-state index < -0.39 is 11.7 Å². The van der Waals surface area contributed by atoms with Crippen molar-refractivity contribution in [2.24, 2.45) is 0 Å². The van der Waals surface area contributed by atoms with Crippen molar-refractivity contribution in [2.75, 3.05) is 37.6 Å². The minimum atomic E-state index is -0.699. The Balaban J connectivity index is 1.43. The zero-order chi connectivity index (χ0) is 19.2. The number of carbonyl (C=O) groups is 3. The molecule has 0 unspecified atom stereocenters. The van der Waals surface area contributed by atoms with E-state index in [0.29, 0.717) is 13.1 Å². The summed E-state index contributed by atoms with van der Waals surface area (Å²) in [4.78, 5) is 40.9. The lowest BCUT2D eigenvalue weighted by atomic mass is 10.2. The molecule has 0 radical (unpaired) electrons. The van der Waals surface area contributed by atoms with E-state index in [-0.39, 0.29) is 18.9 Å². The van der Waals surface area contributed by atoms with Gasteiger partial charge in [0.25, 0.3) is 5.91 Å². The number of nitrogens with zero attached hydrogens (tertiary/aromatic N) is 2. The molecule has 2 amide bonds. The molecule has 27 heavy (non-hydrogen) atoms. The van der Waals surface area contributed by atoms with E-state index in [1.165, 1.54) is 16.9 Å². The van der Waals surface area contributed by atoms with Gasteiger partial charge >= 0.3 is 0 Å². The van der Waals surface area contributed by atoms with E-state index in [9.17, 15) is 14.4 Å². The van der Waals surface area contributed by atoms with Gasteiger partial charge in [0.1, 0.15) is 0 Å². The number of piperazine rings is 1. The van der Waals surface area contributed by atoms with Crippen LogP contribution in [0.1, 0.15) is 10.4 Å². The van der Waals surface area contributed by atoms with Crippen LogP contribution >= 0.6 is 11.3 Å². The summed E-state index contributed by atoms with van der Waals surface area (Å²) < 4.78 is 0. The number of hydrogen-bond donors (Lipinski definition) is 1. The van der Waals surface area contributed by atoms with Gasteiger partial charge in [-0.2, -0.15) is 0 Å². The SMILES string of the molecule is Cc1cccc(N2CCN(C(=O)CNC(=O)C(=O)Cc3cccs3)CC2)c1. The van der Waals surface area contributed by atoms with Gasteiger partial charge in [0.15, 0.2) is 0 Å². The van der Waals surface area contributed by atoms with Gasteiger partial charge in [0, 0.05) is 36.7 Å². The molecular weight excluding hydrogens is 362 g/mol. The van der Waals surface area contributed by atoms with Crippen molar-refractivity contribution in [3.8, 4) is 0 Å². The number of Topliss-reactive ketones (excluding diaryl/α,β-unsaturated/α-hetero) is 1. The van der Waals surface area contributed by atoms with Crippen molar-refractivity contribution >= 4 is 34.6 Å². The molecule has 2 aromatic rings. The van der Waals surface area contributed by atoms with Crippen LogP contribution in [0, 0.1) is 6.92 Å². The summed E-state index contributed by atoms with van der Waals surface area (Å²) in [7, 11) is 0. The second-order valence-electron chi connectivity index (χ2n) is 6.57. The molecule has 1 fully saturated rings. The monoisotopic (exact) mass is 385 g/mol. The molecule has 2 heterocycles. The Morgan fingerprint density at radius 2 is 1.85 bits per heavy atom. The Morgan fingerprint density at radius 3 is 2.52 bits per heavy atom. The van der Waals surface area contributed by atoms with Crippen LogP contribution in [0.2, 0.25) is 0 Å². The first-order valence-corrected chi connectivity index (χ1v) is 9.83. The van der Waals surface area contributed by atoms with Gasteiger partial charge < -0.3 is 15.1 Å². The average Bonchev–Trinajstić information content (AvgIpc) is 3.19. The zero-order valence-corrected chi connectivity index (χ0v) is 16.1. The number of anilines is 1. The summed E-state index contributed by atoms with van der Waals surface area (Å²) in [6, 6.07) is 12.0. The maximum atomic E-state index is 12.3. The molecule has 0 atom stereocenters. The van der Waals surface area contributed by atoms with Crippen LogP contribution in [0.3, 0.4) is 0 Å². The van der Waals surface area contributed by atoms with Crippen LogP contribution in [0.5, 0.6) is 0 Å². The van der Waals surface area contributed by atoms with Crippen LogP contribution in [0.4, 0.5) is 5.69 Å². The Labute approximate surface area is 162 Å². The number of carbonyl (C=O) groups excluding carboxylic acids is 3. The quantitative estimate of drug-likeness (QED) is 0.768. The number of amides is 2. The number of hydrogen-bond acceptors (Lipinski definition) is 5. The lowest BCUT2D eigenvalue weighted by molar-refractivity contribution is -0.139. The van der Waals surface area contributed by atoms with E-state index in [2.05, 4.69) is 35.3 Å². The van der Waals surface area contributed by atoms with E-state index in [1.807, 2.05) is 23.6 Å². The van der Waals surface area contributed by atoms with Crippen molar-refractivity contribution < 1.29 is 14.4 Å². The second kappa shape index (κ2) is 8.81. The number of thiophene rings is 1. The lowest BCUT2D eigenvalue weighted by Crippen LogP contribution is -2.51. The van der Waals surface area contributed by atoms with Gasteiger partial charge in [-0.25, -0.2) is 0 Å². The first-order chi connectivity index (χ1) is 13.0. The molecular formula is C20H23N3O3S. The van der Waals surface area contributed by atoms with Gasteiger partial charge in [-0.3, -0.25) is 14.4 Å². The summed E-state index contributed by atoms with van der Waals surface area (Å²) in [5, 5.41) is 4.32. The van der Waals surface area contributed by atoms with Crippen molar-refractivity contribution in [2.45, 2.75) is 13.3 Å². The molecule has 1 aromatic heterocycles. The highest BCUT2D eigenvalue weighted by molar-refractivity contribution is 7.10. The normalized spacial score (nSPS) is 14.1. The largest absolute Gasteiger partial charge is 0.368 e. The van der Waals surface area contributed by atoms with Gasteiger partial charge in [0.2, 0.25) is 11.7 Å². The van der Waals surface area contributed by atoms with Crippen LogP contribution < -0.4 is 10.2 Å². The van der Waals surface area contributed by atoms with Gasteiger partial charge in [-0.15, -0.1) is 11.3 Å². The van der Waals surface area contributed by atoms with Crippen molar-refractivity contribution in [3.05, 3.63) is 52.2 Å². The Morgan fingerprint density at radius 1 is 1.07 bits per heavy atom. The number of aryl methyl sites for hydroxylation is 1. The van der Waals surface area contributed by atoms with Crippen molar-refractivity contribution in [3.63, 3.8) is 0 Å². The van der Waals surface area contributed by atoms with E-state index in [4.69, 9.17) is 0 Å². The fraction of sp³-hybridized carbons (Fsp3) is 0.350. The van der Waals surface area contributed by atoms with E-state index in [0.717, 1.165) is 23.7 Å². The molecule has 1 aromatic carbocycles. The molecule has 0 aliphatic carbocycles. The van der Waals surface area contributed by atoms with Crippen LogP contribution in [-0.4, -0.2) is 55.2 Å². The molecule has 0 saturated carbocycles. The highest BCUT2D eigenvalue weighted by atomic mass is 32.1. The summed E-state index contributed by atoms with van der Waals surface area (Å²) in [5.41, 5.74) is 2.37. The van der Waals surface area contributed by atoms with Crippen LogP contribution in [0.25, 0.3) is 0 Å². The topological polar surface area (TPSA) is 69.7 Å². The molecule has 1 saturated heterocycles. The predicted octanol–water partition coefficient (Wildman–Crippen LogP) is 1.63. The van der Waals surface area contributed by atoms with Crippen LogP contribution in [0.15, 0.2) is 41.8 Å². The van der Waals surface area contributed by atoms with Gasteiger partial charge in [0.05, 0.1) is 13.0 Å². The third kappa shape index (κ3) is 5.17. The third-order valence-corrected chi connectivity index (χ3v) is 5.44. The molecule has 0 spiro atoms. The lowest BCUT2D eigenvalue weighted by Gasteiger charge is -2.36. The number of rotatable bonds is 6.